The standard InChI is InChI=1S/C16H21ClN4O2S/c1-8(2)6-21-24(22,23)14-3-10-12(18)5-13(19)16(10)11-7-20-15(17)4-9(11)14/h3-4,7-8,12-13,21H,5-6,18-19H2,1-2H3/t12-,13-/m1/s1. The third-order valence-corrected chi connectivity index (χ3v) is 5.94. The predicted octanol–water partition coefficient (Wildman–Crippen LogP) is 2.23. The zero-order chi connectivity index (χ0) is 17.6. The summed E-state index contributed by atoms with van der Waals surface area (Å²) in [4.78, 5) is 4.27. The Morgan fingerprint density at radius 3 is 2.67 bits per heavy atom. The number of nitrogens with two attached hydrogens (primary N) is 2. The highest BCUT2D eigenvalue weighted by Gasteiger charge is 2.31. The molecule has 6 nitrogen and oxygen atoms in total. The molecule has 0 amide bonds. The molecule has 0 radical (unpaired) electrons. The first-order valence-electron chi connectivity index (χ1n) is 7.83. The molecule has 0 aliphatic heterocycles. The maximum Gasteiger partial charge on any atom is 0.241 e. The molecule has 0 spiro atoms. The lowest BCUT2D eigenvalue weighted by molar-refractivity contribution is 0.560. The highest BCUT2D eigenvalue weighted by atomic mass is 35.5. The minimum atomic E-state index is -3.69. The van der Waals surface area contributed by atoms with Gasteiger partial charge in [0.05, 0.1) is 4.90 Å². The predicted molar refractivity (Wildman–Crippen MR) is 95.3 cm³/mol. The lowest BCUT2D eigenvalue weighted by atomic mass is 10.0. The molecule has 2 atom stereocenters. The van der Waals surface area contributed by atoms with E-state index < -0.39 is 10.0 Å². The second-order valence-corrected chi connectivity index (χ2v) is 8.75. The molecule has 3 rings (SSSR count). The van der Waals surface area contributed by atoms with Crippen LogP contribution in [0.4, 0.5) is 0 Å². The van der Waals surface area contributed by atoms with E-state index in [0.717, 1.165) is 11.1 Å². The Hall–Kier alpha value is -1.25. The molecule has 0 saturated heterocycles. The van der Waals surface area contributed by atoms with E-state index in [1.165, 1.54) is 0 Å². The van der Waals surface area contributed by atoms with Crippen LogP contribution in [-0.4, -0.2) is 19.9 Å². The van der Waals surface area contributed by atoms with Gasteiger partial charge in [0.2, 0.25) is 10.0 Å². The van der Waals surface area contributed by atoms with Crippen LogP contribution in [0.2, 0.25) is 5.15 Å². The summed E-state index contributed by atoms with van der Waals surface area (Å²) in [5, 5.41) is 1.45. The zero-order valence-electron chi connectivity index (χ0n) is 13.6. The van der Waals surface area contributed by atoms with Gasteiger partial charge in [0.1, 0.15) is 5.15 Å². The van der Waals surface area contributed by atoms with E-state index in [1.807, 2.05) is 13.8 Å². The van der Waals surface area contributed by atoms with E-state index in [9.17, 15) is 8.42 Å². The highest BCUT2D eigenvalue weighted by Crippen LogP contribution is 2.42. The van der Waals surface area contributed by atoms with Crippen LogP contribution >= 0.6 is 11.6 Å². The van der Waals surface area contributed by atoms with E-state index in [0.29, 0.717) is 23.7 Å². The van der Waals surface area contributed by atoms with Gasteiger partial charge < -0.3 is 11.5 Å². The topological polar surface area (TPSA) is 111 Å². The lowest BCUT2D eigenvalue weighted by Crippen LogP contribution is -2.28. The summed E-state index contributed by atoms with van der Waals surface area (Å²) in [5.41, 5.74) is 14.0. The van der Waals surface area contributed by atoms with Crippen molar-refractivity contribution in [2.75, 3.05) is 6.54 Å². The molecule has 1 aromatic heterocycles. The highest BCUT2D eigenvalue weighted by molar-refractivity contribution is 7.89. The molecule has 24 heavy (non-hydrogen) atoms. The summed E-state index contributed by atoms with van der Waals surface area (Å²) >= 11 is 6.00. The average molecular weight is 369 g/mol. The first-order chi connectivity index (χ1) is 11.2. The van der Waals surface area contributed by atoms with Crippen LogP contribution in [0, 0.1) is 5.92 Å². The molecule has 1 aliphatic carbocycles. The van der Waals surface area contributed by atoms with Crippen molar-refractivity contribution in [3.05, 3.63) is 34.6 Å². The Balaban J connectivity index is 2.27. The maximum atomic E-state index is 12.8. The number of benzene rings is 1. The van der Waals surface area contributed by atoms with Gasteiger partial charge >= 0.3 is 0 Å². The Morgan fingerprint density at radius 2 is 2.00 bits per heavy atom. The van der Waals surface area contributed by atoms with Crippen molar-refractivity contribution in [1.82, 2.24) is 9.71 Å². The second-order valence-electron chi connectivity index (χ2n) is 6.62. The van der Waals surface area contributed by atoms with Crippen molar-refractivity contribution in [3.8, 4) is 0 Å². The number of halogens is 1. The molecular formula is C16H21ClN4O2S. The largest absolute Gasteiger partial charge is 0.324 e. The molecule has 130 valence electrons. The van der Waals surface area contributed by atoms with Crippen LogP contribution in [0.1, 0.15) is 43.5 Å². The van der Waals surface area contributed by atoms with Crippen LogP contribution in [0.3, 0.4) is 0 Å². The van der Waals surface area contributed by atoms with Gasteiger partial charge in [0.25, 0.3) is 0 Å². The van der Waals surface area contributed by atoms with Gasteiger partial charge in [-0.25, -0.2) is 18.1 Å². The summed E-state index contributed by atoms with van der Waals surface area (Å²) in [7, 11) is -3.69. The molecule has 0 fully saturated rings. The molecule has 1 aromatic carbocycles. The summed E-state index contributed by atoms with van der Waals surface area (Å²) in [6.45, 7) is 4.24. The maximum absolute atomic E-state index is 12.8. The Kier molecular flexibility index (Phi) is 4.57. The third kappa shape index (κ3) is 3.02. The summed E-state index contributed by atoms with van der Waals surface area (Å²) < 4.78 is 28.2. The summed E-state index contributed by atoms with van der Waals surface area (Å²) in [6.07, 6.45) is 2.16. The van der Waals surface area contributed by atoms with Crippen LogP contribution in [0.15, 0.2) is 23.2 Å². The fourth-order valence-corrected chi connectivity index (χ4v) is 4.72. The number of fused-ring (bicyclic) bond motifs is 3. The van der Waals surface area contributed by atoms with E-state index in [2.05, 4.69) is 9.71 Å². The van der Waals surface area contributed by atoms with E-state index in [1.54, 1.807) is 18.3 Å². The van der Waals surface area contributed by atoms with Gasteiger partial charge in [-0.15, -0.1) is 0 Å². The first-order valence-corrected chi connectivity index (χ1v) is 9.69. The molecular weight excluding hydrogens is 348 g/mol. The van der Waals surface area contributed by atoms with Gasteiger partial charge in [-0.1, -0.05) is 25.4 Å². The minimum absolute atomic E-state index is 0.172. The number of hydrogen-bond acceptors (Lipinski definition) is 5. The van der Waals surface area contributed by atoms with Gasteiger partial charge in [0, 0.05) is 35.6 Å². The summed E-state index contributed by atoms with van der Waals surface area (Å²) in [5.74, 6) is 0.196. The SMILES string of the molecule is CC(C)CNS(=O)(=O)c1cc2c(c3cnc(Cl)cc13)[C@H](N)C[C@H]2N. The van der Waals surface area contributed by atoms with Crippen molar-refractivity contribution in [1.29, 1.82) is 0 Å². The summed E-state index contributed by atoms with van der Waals surface area (Å²) in [6, 6.07) is 2.68. The molecule has 0 saturated carbocycles. The van der Waals surface area contributed by atoms with Crippen molar-refractivity contribution in [3.63, 3.8) is 0 Å². The number of pyridine rings is 1. The van der Waals surface area contributed by atoms with Crippen LogP contribution < -0.4 is 16.2 Å². The van der Waals surface area contributed by atoms with Crippen molar-refractivity contribution >= 4 is 32.4 Å². The molecule has 5 N–H and O–H groups in total. The van der Waals surface area contributed by atoms with Gasteiger partial charge in [0.15, 0.2) is 0 Å². The Morgan fingerprint density at radius 1 is 1.29 bits per heavy atom. The van der Waals surface area contributed by atoms with Gasteiger partial charge in [-0.2, -0.15) is 0 Å². The second kappa shape index (κ2) is 6.24. The monoisotopic (exact) mass is 368 g/mol. The van der Waals surface area contributed by atoms with E-state index in [-0.39, 0.29) is 28.1 Å². The van der Waals surface area contributed by atoms with Crippen molar-refractivity contribution in [2.24, 2.45) is 17.4 Å². The third-order valence-electron chi connectivity index (χ3n) is 4.27. The number of sulfonamides is 1. The number of nitrogens with zero attached hydrogens (tertiary/aromatic N) is 1. The fourth-order valence-electron chi connectivity index (χ4n) is 3.12. The molecule has 1 heterocycles. The molecule has 2 aromatic rings. The number of hydrogen-bond donors (Lipinski definition) is 3. The van der Waals surface area contributed by atoms with Crippen LogP contribution in [0.25, 0.3) is 10.8 Å². The van der Waals surface area contributed by atoms with Crippen LogP contribution in [-0.2, 0) is 10.0 Å². The zero-order valence-corrected chi connectivity index (χ0v) is 15.2. The van der Waals surface area contributed by atoms with Crippen molar-refractivity contribution in [2.45, 2.75) is 37.2 Å². The van der Waals surface area contributed by atoms with E-state index in [4.69, 9.17) is 23.1 Å². The molecule has 1 aliphatic rings. The van der Waals surface area contributed by atoms with E-state index >= 15 is 0 Å². The Labute approximate surface area is 146 Å². The smallest absolute Gasteiger partial charge is 0.241 e. The van der Waals surface area contributed by atoms with Gasteiger partial charge in [-0.05, 0) is 35.6 Å². The first kappa shape index (κ1) is 17.6. The normalized spacial score (nSPS) is 20.8. The number of aromatic nitrogens is 1. The fraction of sp³-hybridized carbons (Fsp3) is 0.438. The molecule has 0 unspecified atom stereocenters. The quantitative estimate of drug-likeness (QED) is 0.716. The minimum Gasteiger partial charge on any atom is -0.324 e. The molecule has 8 heteroatoms. The average Bonchev–Trinajstić information content (AvgIpc) is 2.79. The van der Waals surface area contributed by atoms with Gasteiger partial charge in [-0.3, -0.25) is 0 Å². The number of nitrogens with one attached hydrogen (secondary N) is 1. The number of rotatable bonds is 4. The molecule has 0 bridgehead atoms. The Bertz CT molecular complexity index is 899. The van der Waals surface area contributed by atoms with Crippen molar-refractivity contribution < 1.29 is 8.42 Å². The van der Waals surface area contributed by atoms with Crippen LogP contribution in [0.5, 0.6) is 0 Å². The lowest BCUT2D eigenvalue weighted by Gasteiger charge is -2.16.